The van der Waals surface area contributed by atoms with Crippen molar-refractivity contribution < 1.29 is 4.79 Å². The molecule has 0 saturated heterocycles. The lowest BCUT2D eigenvalue weighted by molar-refractivity contribution is -0.119. The Kier molecular flexibility index (Phi) is 3.66. The Morgan fingerprint density at radius 1 is 1.45 bits per heavy atom. The van der Waals surface area contributed by atoms with Gasteiger partial charge >= 0.3 is 0 Å². The summed E-state index contributed by atoms with van der Waals surface area (Å²) < 4.78 is 0. The van der Waals surface area contributed by atoms with Gasteiger partial charge in [0.1, 0.15) is 0 Å². The van der Waals surface area contributed by atoms with Crippen LogP contribution < -0.4 is 15.5 Å². The van der Waals surface area contributed by atoms with E-state index in [1.807, 2.05) is 7.05 Å². The number of carbonyl (C=O) groups is 1. The average Bonchev–Trinajstić information content (AvgIpc) is 3.18. The summed E-state index contributed by atoms with van der Waals surface area (Å²) in [5, 5.41) is 6.33. The van der Waals surface area contributed by atoms with Gasteiger partial charge in [0.15, 0.2) is 0 Å². The molecule has 0 bridgehead atoms. The molecule has 2 N–H and O–H groups in total. The molecular weight excluding hydrogens is 250 g/mol. The van der Waals surface area contributed by atoms with Crippen LogP contribution in [0.4, 0.5) is 5.69 Å². The van der Waals surface area contributed by atoms with Crippen molar-refractivity contribution in [3.05, 3.63) is 29.3 Å². The molecule has 1 aromatic rings. The molecule has 1 unspecified atom stereocenters. The molecule has 1 aliphatic heterocycles. The van der Waals surface area contributed by atoms with Crippen molar-refractivity contribution in [2.24, 2.45) is 0 Å². The van der Waals surface area contributed by atoms with Crippen LogP contribution in [0.5, 0.6) is 0 Å². The molecule has 3 rings (SSSR count). The van der Waals surface area contributed by atoms with Gasteiger partial charge in [-0.3, -0.25) is 4.79 Å². The summed E-state index contributed by atoms with van der Waals surface area (Å²) >= 11 is 0. The second-order valence-electron chi connectivity index (χ2n) is 5.91. The Balaban J connectivity index is 1.68. The third-order valence-electron chi connectivity index (χ3n) is 4.31. The fourth-order valence-electron chi connectivity index (χ4n) is 2.76. The number of carbonyl (C=O) groups excluding carboxylic acids is 1. The summed E-state index contributed by atoms with van der Waals surface area (Å²) in [5.74, 6) is 0.160. The molecular formula is C16H23N3O. The van der Waals surface area contributed by atoms with Crippen molar-refractivity contribution in [2.45, 2.75) is 38.3 Å². The molecule has 108 valence electrons. The highest BCUT2D eigenvalue weighted by Crippen LogP contribution is 2.30. The molecule has 4 heteroatoms. The minimum absolute atomic E-state index is 0.160. The lowest BCUT2D eigenvalue weighted by atomic mass is 10.0. The standard InChI is InChI=1S/C16H23N3O/c1-11(17-2)12-3-6-15-13(9-12)7-8-19(15)10-16(20)18-14-4-5-14/h3,6,9,11,14,17H,4-5,7-8,10H2,1-2H3,(H,18,20). The van der Waals surface area contributed by atoms with Crippen LogP contribution in [-0.2, 0) is 11.2 Å². The first-order chi connectivity index (χ1) is 9.67. The Morgan fingerprint density at radius 2 is 2.25 bits per heavy atom. The van der Waals surface area contributed by atoms with Crippen molar-refractivity contribution in [2.75, 3.05) is 25.0 Å². The molecule has 2 aliphatic rings. The van der Waals surface area contributed by atoms with Gasteiger partial charge < -0.3 is 15.5 Å². The highest BCUT2D eigenvalue weighted by atomic mass is 16.2. The number of fused-ring (bicyclic) bond motifs is 1. The summed E-state index contributed by atoms with van der Waals surface area (Å²) in [6.07, 6.45) is 3.33. The third kappa shape index (κ3) is 2.80. The summed E-state index contributed by atoms with van der Waals surface area (Å²) in [6.45, 7) is 3.60. The van der Waals surface area contributed by atoms with Crippen molar-refractivity contribution in [3.8, 4) is 0 Å². The zero-order chi connectivity index (χ0) is 14.1. The van der Waals surface area contributed by atoms with Crippen LogP contribution in [0.2, 0.25) is 0 Å². The van der Waals surface area contributed by atoms with E-state index in [0.29, 0.717) is 18.6 Å². The number of benzene rings is 1. The van der Waals surface area contributed by atoms with Crippen LogP contribution in [0.25, 0.3) is 0 Å². The van der Waals surface area contributed by atoms with Gasteiger partial charge in [-0.25, -0.2) is 0 Å². The van der Waals surface area contributed by atoms with Crippen LogP contribution in [0.1, 0.15) is 36.9 Å². The minimum Gasteiger partial charge on any atom is -0.362 e. The van der Waals surface area contributed by atoms with E-state index in [0.717, 1.165) is 25.8 Å². The van der Waals surface area contributed by atoms with E-state index in [9.17, 15) is 4.79 Å². The number of hydrogen-bond acceptors (Lipinski definition) is 3. The maximum atomic E-state index is 11.9. The quantitative estimate of drug-likeness (QED) is 0.856. The largest absolute Gasteiger partial charge is 0.362 e. The average molecular weight is 273 g/mol. The maximum Gasteiger partial charge on any atom is 0.239 e. The zero-order valence-corrected chi connectivity index (χ0v) is 12.3. The van der Waals surface area contributed by atoms with Gasteiger partial charge in [0.25, 0.3) is 0 Å². The van der Waals surface area contributed by atoms with E-state index in [1.54, 1.807) is 0 Å². The number of amides is 1. The predicted molar refractivity (Wildman–Crippen MR) is 81.0 cm³/mol. The molecule has 0 aromatic heterocycles. The van der Waals surface area contributed by atoms with Gasteiger partial charge in [-0.05, 0) is 50.4 Å². The highest BCUT2D eigenvalue weighted by molar-refractivity contribution is 5.82. The van der Waals surface area contributed by atoms with E-state index in [4.69, 9.17) is 0 Å². The molecule has 1 aromatic carbocycles. The lowest BCUT2D eigenvalue weighted by Crippen LogP contribution is -2.37. The monoisotopic (exact) mass is 273 g/mol. The first-order valence-corrected chi connectivity index (χ1v) is 7.52. The second kappa shape index (κ2) is 5.44. The van der Waals surface area contributed by atoms with Crippen LogP contribution in [0.15, 0.2) is 18.2 Å². The highest BCUT2D eigenvalue weighted by Gasteiger charge is 2.26. The molecule has 0 spiro atoms. The molecule has 0 radical (unpaired) electrons. The van der Waals surface area contributed by atoms with Gasteiger partial charge in [-0.2, -0.15) is 0 Å². The van der Waals surface area contributed by atoms with E-state index in [-0.39, 0.29) is 5.91 Å². The number of nitrogens with zero attached hydrogens (tertiary/aromatic N) is 1. The van der Waals surface area contributed by atoms with Crippen molar-refractivity contribution in [1.82, 2.24) is 10.6 Å². The van der Waals surface area contributed by atoms with Gasteiger partial charge in [0.05, 0.1) is 6.54 Å². The number of hydrogen-bond donors (Lipinski definition) is 2. The Hall–Kier alpha value is -1.55. The smallest absolute Gasteiger partial charge is 0.239 e. The van der Waals surface area contributed by atoms with E-state index in [1.165, 1.54) is 16.8 Å². The second-order valence-corrected chi connectivity index (χ2v) is 5.91. The topological polar surface area (TPSA) is 44.4 Å². The Bertz CT molecular complexity index is 510. The molecule has 1 atom stereocenters. The molecule has 4 nitrogen and oxygen atoms in total. The van der Waals surface area contributed by atoms with Crippen LogP contribution >= 0.6 is 0 Å². The Labute approximate surface area is 120 Å². The normalized spacial score (nSPS) is 18.8. The molecule has 1 aliphatic carbocycles. The van der Waals surface area contributed by atoms with E-state index >= 15 is 0 Å². The fourth-order valence-corrected chi connectivity index (χ4v) is 2.76. The number of nitrogens with one attached hydrogen (secondary N) is 2. The summed E-state index contributed by atoms with van der Waals surface area (Å²) in [5.41, 5.74) is 3.90. The lowest BCUT2D eigenvalue weighted by Gasteiger charge is -2.19. The summed E-state index contributed by atoms with van der Waals surface area (Å²) in [7, 11) is 1.98. The first kappa shape index (κ1) is 13.4. The van der Waals surface area contributed by atoms with Crippen molar-refractivity contribution in [1.29, 1.82) is 0 Å². The predicted octanol–water partition coefficient (Wildman–Crippen LogP) is 1.61. The van der Waals surface area contributed by atoms with Gasteiger partial charge in [0.2, 0.25) is 5.91 Å². The Morgan fingerprint density at radius 3 is 2.95 bits per heavy atom. The fraction of sp³-hybridized carbons (Fsp3) is 0.562. The van der Waals surface area contributed by atoms with Gasteiger partial charge in [0, 0.05) is 24.3 Å². The van der Waals surface area contributed by atoms with Crippen molar-refractivity contribution >= 4 is 11.6 Å². The minimum atomic E-state index is 0.160. The van der Waals surface area contributed by atoms with Gasteiger partial charge in [-0.1, -0.05) is 12.1 Å². The van der Waals surface area contributed by atoms with Crippen molar-refractivity contribution in [3.63, 3.8) is 0 Å². The first-order valence-electron chi connectivity index (χ1n) is 7.52. The third-order valence-corrected chi connectivity index (χ3v) is 4.31. The molecule has 1 saturated carbocycles. The molecule has 1 amide bonds. The van der Waals surface area contributed by atoms with Gasteiger partial charge in [-0.15, -0.1) is 0 Å². The van der Waals surface area contributed by atoms with Crippen LogP contribution in [0, 0.1) is 0 Å². The zero-order valence-electron chi connectivity index (χ0n) is 12.3. The summed E-state index contributed by atoms with van der Waals surface area (Å²) in [6, 6.07) is 7.42. The molecule has 1 fully saturated rings. The number of rotatable bonds is 5. The summed E-state index contributed by atoms with van der Waals surface area (Å²) in [4.78, 5) is 14.1. The van der Waals surface area contributed by atoms with E-state index in [2.05, 4.69) is 40.7 Å². The maximum absolute atomic E-state index is 11.9. The van der Waals surface area contributed by atoms with Crippen LogP contribution in [-0.4, -0.2) is 32.1 Å². The SMILES string of the molecule is CNC(C)c1ccc2c(c1)CCN2CC(=O)NC1CC1. The number of anilines is 1. The molecule has 1 heterocycles. The molecule has 20 heavy (non-hydrogen) atoms. The van der Waals surface area contributed by atoms with E-state index < -0.39 is 0 Å². The van der Waals surface area contributed by atoms with Crippen LogP contribution in [0.3, 0.4) is 0 Å².